The van der Waals surface area contributed by atoms with Crippen molar-refractivity contribution in [3.05, 3.63) is 12.2 Å². The van der Waals surface area contributed by atoms with Crippen LogP contribution >= 0.6 is 0 Å². The van der Waals surface area contributed by atoms with E-state index in [2.05, 4.69) is 5.32 Å². The molecule has 2 N–H and O–H groups in total. The first kappa shape index (κ1) is 12.9. The monoisotopic (exact) mass is 253 g/mol. The molecule has 0 aliphatic heterocycles. The lowest BCUT2D eigenvalue weighted by molar-refractivity contribution is -0.143. The number of nitrogens with one attached hydrogen (secondary N) is 1. The fraction of sp³-hybridized carbons (Fsp3) is 0.692. The molecule has 0 aromatic carbocycles. The van der Waals surface area contributed by atoms with Crippen LogP contribution < -0.4 is 5.32 Å². The zero-order valence-electron chi connectivity index (χ0n) is 10.8. The summed E-state index contributed by atoms with van der Waals surface area (Å²) in [5.41, 5.74) is -0.573. The van der Waals surface area contributed by atoms with Crippen molar-refractivity contribution in [2.45, 2.75) is 38.8 Å². The molecule has 0 aromatic rings. The normalized spacial score (nSPS) is 33.5. The second-order valence-electron chi connectivity index (χ2n) is 5.98. The molecule has 5 heteroatoms. The maximum atomic E-state index is 11.7. The molecule has 18 heavy (non-hydrogen) atoms. The number of carboxylic acids is 1. The number of ether oxygens (including phenoxy) is 1. The second-order valence-corrected chi connectivity index (χ2v) is 5.98. The van der Waals surface area contributed by atoms with Crippen molar-refractivity contribution in [2.75, 3.05) is 0 Å². The molecule has 2 rings (SSSR count). The largest absolute Gasteiger partial charge is 0.481 e. The van der Waals surface area contributed by atoms with Gasteiger partial charge in [0.05, 0.1) is 12.0 Å². The summed E-state index contributed by atoms with van der Waals surface area (Å²) < 4.78 is 5.17. The van der Waals surface area contributed by atoms with Crippen LogP contribution in [0.3, 0.4) is 0 Å². The minimum atomic E-state index is -0.854. The van der Waals surface area contributed by atoms with E-state index in [0.717, 1.165) is 6.42 Å². The highest BCUT2D eigenvalue weighted by Gasteiger charge is 2.49. The number of hydrogen-bond acceptors (Lipinski definition) is 3. The topological polar surface area (TPSA) is 75.6 Å². The molecule has 1 saturated carbocycles. The Morgan fingerprint density at radius 3 is 2.44 bits per heavy atom. The van der Waals surface area contributed by atoms with Gasteiger partial charge in [-0.2, -0.15) is 0 Å². The van der Waals surface area contributed by atoms with E-state index < -0.39 is 23.6 Å². The molecule has 1 fully saturated rings. The molecule has 2 aliphatic rings. The zero-order chi connectivity index (χ0) is 13.5. The number of carbonyl (C=O) groups is 2. The lowest BCUT2D eigenvalue weighted by atomic mass is 9.89. The van der Waals surface area contributed by atoms with E-state index in [1.165, 1.54) is 0 Å². The summed E-state index contributed by atoms with van der Waals surface area (Å²) in [6.07, 6.45) is 4.19. The van der Waals surface area contributed by atoms with Gasteiger partial charge in [-0.1, -0.05) is 12.2 Å². The number of alkyl carbamates (subject to hydrolysis) is 1. The molecule has 0 aromatic heterocycles. The van der Waals surface area contributed by atoms with Crippen LogP contribution in [0.4, 0.5) is 4.79 Å². The van der Waals surface area contributed by atoms with E-state index in [0.29, 0.717) is 0 Å². The van der Waals surface area contributed by atoms with Gasteiger partial charge in [0.2, 0.25) is 0 Å². The first-order chi connectivity index (χ1) is 8.28. The van der Waals surface area contributed by atoms with Gasteiger partial charge >= 0.3 is 12.1 Å². The highest BCUT2D eigenvalue weighted by Crippen LogP contribution is 2.43. The summed E-state index contributed by atoms with van der Waals surface area (Å²) >= 11 is 0. The first-order valence-electron chi connectivity index (χ1n) is 6.18. The fourth-order valence-corrected chi connectivity index (χ4v) is 2.80. The van der Waals surface area contributed by atoms with Gasteiger partial charge in [-0.05, 0) is 39.0 Å². The Morgan fingerprint density at radius 2 is 1.89 bits per heavy atom. The van der Waals surface area contributed by atoms with Crippen molar-refractivity contribution in [3.63, 3.8) is 0 Å². The van der Waals surface area contributed by atoms with Crippen molar-refractivity contribution in [2.24, 2.45) is 17.8 Å². The Balaban J connectivity index is 2.02. The van der Waals surface area contributed by atoms with E-state index >= 15 is 0 Å². The van der Waals surface area contributed by atoms with E-state index in [1.54, 1.807) is 20.8 Å². The van der Waals surface area contributed by atoms with Gasteiger partial charge in [0.1, 0.15) is 5.60 Å². The van der Waals surface area contributed by atoms with Gasteiger partial charge in [-0.25, -0.2) is 4.79 Å². The molecule has 2 unspecified atom stereocenters. The summed E-state index contributed by atoms with van der Waals surface area (Å²) in [6.45, 7) is 5.34. The number of amides is 1. The van der Waals surface area contributed by atoms with Gasteiger partial charge < -0.3 is 15.2 Å². The van der Waals surface area contributed by atoms with Crippen LogP contribution in [0.5, 0.6) is 0 Å². The van der Waals surface area contributed by atoms with Crippen molar-refractivity contribution in [3.8, 4) is 0 Å². The Hall–Kier alpha value is -1.52. The van der Waals surface area contributed by atoms with Crippen molar-refractivity contribution >= 4 is 12.1 Å². The number of rotatable bonds is 2. The minimum absolute atomic E-state index is 0.0347. The maximum absolute atomic E-state index is 11.7. The average molecular weight is 253 g/mol. The third kappa shape index (κ3) is 2.49. The standard InChI is InChI=1S/C13H19NO4/c1-13(2,3)18-12(17)14-10-8-5-4-7(6-8)9(10)11(15)16/h4-5,7-10H,6H2,1-3H3,(H,14,17)(H,15,16)/t7?,8?,9-,10+/m1/s1. The number of fused-ring (bicyclic) bond motifs is 2. The van der Waals surface area contributed by atoms with Crippen LogP contribution in [0.25, 0.3) is 0 Å². The number of carboxylic acid groups (broad SMARTS) is 1. The predicted octanol–water partition coefficient (Wildman–Crippen LogP) is 1.79. The quantitative estimate of drug-likeness (QED) is 0.736. The fourth-order valence-electron chi connectivity index (χ4n) is 2.80. The van der Waals surface area contributed by atoms with Crippen LogP contribution in [0.1, 0.15) is 27.2 Å². The van der Waals surface area contributed by atoms with Crippen molar-refractivity contribution < 1.29 is 19.4 Å². The second kappa shape index (κ2) is 4.30. The molecule has 4 atom stereocenters. The number of aliphatic carboxylic acids is 1. The van der Waals surface area contributed by atoms with E-state index in [4.69, 9.17) is 4.74 Å². The Morgan fingerprint density at radius 1 is 1.28 bits per heavy atom. The summed E-state index contributed by atoms with van der Waals surface area (Å²) in [6, 6.07) is -0.354. The SMILES string of the molecule is CC(C)(C)OC(=O)N[C@H]1C2C=CC(C2)[C@H]1C(=O)O. The van der Waals surface area contributed by atoms with Gasteiger partial charge in [-0.3, -0.25) is 4.79 Å². The van der Waals surface area contributed by atoms with E-state index in [-0.39, 0.29) is 17.9 Å². The zero-order valence-corrected chi connectivity index (χ0v) is 10.8. The highest BCUT2D eigenvalue weighted by atomic mass is 16.6. The molecular formula is C13H19NO4. The van der Waals surface area contributed by atoms with Gasteiger partial charge in [0, 0.05) is 0 Å². The van der Waals surface area contributed by atoms with Crippen LogP contribution in [0.2, 0.25) is 0 Å². The summed E-state index contributed by atoms with van der Waals surface area (Å²) in [4.78, 5) is 23.0. The summed E-state index contributed by atoms with van der Waals surface area (Å²) in [5.74, 6) is -1.24. The van der Waals surface area contributed by atoms with Crippen LogP contribution in [-0.4, -0.2) is 28.8 Å². The third-order valence-electron chi connectivity index (χ3n) is 3.43. The Bertz CT molecular complexity index is 396. The van der Waals surface area contributed by atoms with Crippen LogP contribution in [0, 0.1) is 17.8 Å². The minimum Gasteiger partial charge on any atom is -0.481 e. The lowest BCUT2D eigenvalue weighted by Gasteiger charge is -2.27. The molecule has 0 radical (unpaired) electrons. The van der Waals surface area contributed by atoms with Crippen molar-refractivity contribution in [1.82, 2.24) is 5.32 Å². The van der Waals surface area contributed by atoms with Gasteiger partial charge in [0.25, 0.3) is 0 Å². The molecule has 100 valence electrons. The smallest absolute Gasteiger partial charge is 0.407 e. The molecule has 0 saturated heterocycles. The molecule has 0 heterocycles. The lowest BCUT2D eigenvalue weighted by Crippen LogP contribution is -2.47. The maximum Gasteiger partial charge on any atom is 0.407 e. The predicted molar refractivity (Wildman–Crippen MR) is 65.0 cm³/mol. The third-order valence-corrected chi connectivity index (χ3v) is 3.43. The Labute approximate surface area is 106 Å². The van der Waals surface area contributed by atoms with Gasteiger partial charge in [-0.15, -0.1) is 0 Å². The number of carbonyl (C=O) groups excluding carboxylic acids is 1. The molecule has 2 bridgehead atoms. The van der Waals surface area contributed by atoms with E-state index in [1.807, 2.05) is 12.2 Å². The Kier molecular flexibility index (Phi) is 3.09. The average Bonchev–Trinajstić information content (AvgIpc) is 2.73. The summed E-state index contributed by atoms with van der Waals surface area (Å²) in [5, 5.41) is 11.9. The van der Waals surface area contributed by atoms with Crippen LogP contribution in [-0.2, 0) is 9.53 Å². The van der Waals surface area contributed by atoms with Crippen molar-refractivity contribution in [1.29, 1.82) is 0 Å². The summed E-state index contributed by atoms with van der Waals surface area (Å²) in [7, 11) is 0. The van der Waals surface area contributed by atoms with Crippen LogP contribution in [0.15, 0.2) is 12.2 Å². The first-order valence-corrected chi connectivity index (χ1v) is 6.18. The van der Waals surface area contributed by atoms with Gasteiger partial charge in [0.15, 0.2) is 0 Å². The van der Waals surface area contributed by atoms with E-state index in [9.17, 15) is 14.7 Å². The number of hydrogen-bond donors (Lipinski definition) is 2. The molecular weight excluding hydrogens is 234 g/mol. The molecule has 1 amide bonds. The number of allylic oxidation sites excluding steroid dienone is 1. The highest BCUT2D eigenvalue weighted by molar-refractivity contribution is 5.75. The molecule has 5 nitrogen and oxygen atoms in total. The molecule has 2 aliphatic carbocycles. The molecule has 0 spiro atoms.